The zero-order valence-electron chi connectivity index (χ0n) is 16.6. The zero-order valence-corrected chi connectivity index (χ0v) is 16.6. The Morgan fingerprint density at radius 3 is 2.46 bits per heavy atom. The van der Waals surface area contributed by atoms with Crippen LogP contribution in [0, 0.1) is 13.8 Å². The quantitative estimate of drug-likeness (QED) is 0.576. The van der Waals surface area contributed by atoms with E-state index in [1.165, 1.54) is 0 Å². The van der Waals surface area contributed by atoms with Crippen LogP contribution in [0.1, 0.15) is 36.6 Å². The summed E-state index contributed by atoms with van der Waals surface area (Å²) in [5, 5.41) is 7.08. The van der Waals surface area contributed by atoms with Crippen LogP contribution in [0.25, 0.3) is 11.3 Å². The molecule has 0 saturated heterocycles. The lowest BCUT2D eigenvalue weighted by atomic mass is 10.1. The second-order valence-corrected chi connectivity index (χ2v) is 6.92. The second kappa shape index (κ2) is 9.22. The van der Waals surface area contributed by atoms with Crippen LogP contribution in [-0.2, 0) is 11.2 Å². The molecule has 0 fully saturated rings. The first-order valence-corrected chi connectivity index (χ1v) is 9.60. The Labute approximate surface area is 165 Å². The molecule has 2 aromatic carbocycles. The fourth-order valence-corrected chi connectivity index (χ4v) is 3.15. The molecule has 3 aromatic rings. The number of aryl methyl sites for hydroxylation is 3. The molecule has 1 heterocycles. The molecule has 1 aromatic heterocycles. The molecule has 146 valence electrons. The summed E-state index contributed by atoms with van der Waals surface area (Å²) in [4.78, 5) is 12.2. The van der Waals surface area contributed by atoms with Crippen molar-refractivity contribution in [1.82, 2.24) is 5.16 Å². The van der Waals surface area contributed by atoms with Crippen LogP contribution in [0.4, 0.5) is 5.69 Å². The minimum absolute atomic E-state index is 0.0141. The van der Waals surface area contributed by atoms with Crippen molar-refractivity contribution in [3.63, 3.8) is 0 Å². The number of amides is 1. The molecule has 0 aliphatic rings. The number of ether oxygens (including phenoxy) is 1. The molecular formula is C23H26N2O3. The molecule has 1 amide bonds. The molecule has 0 saturated carbocycles. The molecule has 0 radical (unpaired) electrons. The van der Waals surface area contributed by atoms with Gasteiger partial charge in [-0.15, -0.1) is 0 Å². The highest BCUT2D eigenvalue weighted by Gasteiger charge is 2.09. The third-order valence-corrected chi connectivity index (χ3v) is 4.35. The number of benzene rings is 2. The van der Waals surface area contributed by atoms with E-state index in [2.05, 4.69) is 16.5 Å². The van der Waals surface area contributed by atoms with Gasteiger partial charge in [-0.3, -0.25) is 4.79 Å². The van der Waals surface area contributed by atoms with Gasteiger partial charge in [-0.05, 0) is 81.1 Å². The van der Waals surface area contributed by atoms with E-state index in [1.54, 1.807) is 0 Å². The fourth-order valence-electron chi connectivity index (χ4n) is 3.15. The highest BCUT2D eigenvalue weighted by Crippen LogP contribution is 2.24. The Bertz CT molecular complexity index is 909. The summed E-state index contributed by atoms with van der Waals surface area (Å²) in [5.74, 6) is 1.57. The van der Waals surface area contributed by atoms with Gasteiger partial charge in [0.25, 0.3) is 0 Å². The SMILES string of the molecule is CCOc1ccc(-c2cc(CCCC(=O)Nc3cc(C)cc(C)c3)no2)cc1. The molecular weight excluding hydrogens is 352 g/mol. The van der Waals surface area contributed by atoms with Gasteiger partial charge in [0.15, 0.2) is 5.76 Å². The summed E-state index contributed by atoms with van der Waals surface area (Å²) in [6, 6.07) is 15.7. The first kappa shape index (κ1) is 19.7. The predicted octanol–water partition coefficient (Wildman–Crippen LogP) is 5.32. The van der Waals surface area contributed by atoms with E-state index in [-0.39, 0.29) is 5.91 Å². The molecule has 0 atom stereocenters. The topological polar surface area (TPSA) is 64.4 Å². The van der Waals surface area contributed by atoms with Crippen molar-refractivity contribution in [1.29, 1.82) is 0 Å². The molecule has 0 bridgehead atoms. The number of hydrogen-bond donors (Lipinski definition) is 1. The number of nitrogens with zero attached hydrogens (tertiary/aromatic N) is 1. The number of hydrogen-bond acceptors (Lipinski definition) is 4. The lowest BCUT2D eigenvalue weighted by Crippen LogP contribution is -2.11. The summed E-state index contributed by atoms with van der Waals surface area (Å²) < 4.78 is 10.9. The van der Waals surface area contributed by atoms with Crippen molar-refractivity contribution >= 4 is 11.6 Å². The summed E-state index contributed by atoms with van der Waals surface area (Å²) in [6.07, 6.45) is 1.85. The van der Waals surface area contributed by atoms with Crippen molar-refractivity contribution in [3.8, 4) is 17.1 Å². The van der Waals surface area contributed by atoms with Gasteiger partial charge in [-0.1, -0.05) is 11.2 Å². The number of carbonyl (C=O) groups is 1. The highest BCUT2D eigenvalue weighted by atomic mass is 16.5. The summed E-state index contributed by atoms with van der Waals surface area (Å²) in [6.45, 7) is 6.64. The standard InChI is InChI=1S/C23H26N2O3/c1-4-27-21-10-8-18(9-11-21)22-15-19(25-28-22)6-5-7-23(26)24-20-13-16(2)12-17(3)14-20/h8-15H,4-7H2,1-3H3,(H,24,26). The monoisotopic (exact) mass is 378 g/mol. The number of carbonyl (C=O) groups excluding carboxylic acids is 1. The van der Waals surface area contributed by atoms with Crippen LogP contribution in [0.2, 0.25) is 0 Å². The average Bonchev–Trinajstić information content (AvgIpc) is 3.10. The minimum Gasteiger partial charge on any atom is -0.494 e. The molecule has 0 aliphatic carbocycles. The van der Waals surface area contributed by atoms with Gasteiger partial charge in [-0.25, -0.2) is 0 Å². The van der Waals surface area contributed by atoms with Crippen molar-refractivity contribution in [2.24, 2.45) is 0 Å². The largest absolute Gasteiger partial charge is 0.494 e. The maximum absolute atomic E-state index is 12.2. The van der Waals surface area contributed by atoms with Gasteiger partial charge in [0.2, 0.25) is 5.91 Å². The van der Waals surface area contributed by atoms with E-state index in [0.29, 0.717) is 25.9 Å². The van der Waals surface area contributed by atoms with Crippen LogP contribution in [0.3, 0.4) is 0 Å². The van der Waals surface area contributed by atoms with Crippen molar-refractivity contribution in [2.75, 3.05) is 11.9 Å². The lowest BCUT2D eigenvalue weighted by Gasteiger charge is -2.07. The molecule has 0 unspecified atom stereocenters. The number of anilines is 1. The summed E-state index contributed by atoms with van der Waals surface area (Å²) in [7, 11) is 0. The Balaban J connectivity index is 1.49. The molecule has 28 heavy (non-hydrogen) atoms. The Hall–Kier alpha value is -3.08. The van der Waals surface area contributed by atoms with Gasteiger partial charge in [-0.2, -0.15) is 0 Å². The van der Waals surface area contributed by atoms with E-state index < -0.39 is 0 Å². The van der Waals surface area contributed by atoms with Crippen molar-refractivity contribution in [3.05, 3.63) is 65.4 Å². The number of nitrogens with one attached hydrogen (secondary N) is 1. The van der Waals surface area contributed by atoms with E-state index in [1.807, 2.05) is 63.2 Å². The first-order chi connectivity index (χ1) is 13.5. The van der Waals surface area contributed by atoms with Crippen LogP contribution in [0.5, 0.6) is 5.75 Å². The van der Waals surface area contributed by atoms with Gasteiger partial charge in [0, 0.05) is 23.7 Å². The third kappa shape index (κ3) is 5.46. The van der Waals surface area contributed by atoms with Crippen LogP contribution < -0.4 is 10.1 Å². The van der Waals surface area contributed by atoms with E-state index in [4.69, 9.17) is 9.26 Å². The zero-order chi connectivity index (χ0) is 19.9. The van der Waals surface area contributed by atoms with Crippen molar-refractivity contribution < 1.29 is 14.1 Å². The molecule has 3 rings (SSSR count). The Morgan fingerprint density at radius 2 is 1.79 bits per heavy atom. The maximum atomic E-state index is 12.2. The van der Waals surface area contributed by atoms with Crippen LogP contribution >= 0.6 is 0 Å². The Kier molecular flexibility index (Phi) is 6.48. The molecule has 0 spiro atoms. The van der Waals surface area contributed by atoms with Gasteiger partial charge < -0.3 is 14.6 Å². The highest BCUT2D eigenvalue weighted by molar-refractivity contribution is 5.90. The average molecular weight is 378 g/mol. The molecule has 1 N–H and O–H groups in total. The summed E-state index contributed by atoms with van der Waals surface area (Å²) >= 11 is 0. The fraction of sp³-hybridized carbons (Fsp3) is 0.304. The Morgan fingerprint density at radius 1 is 1.07 bits per heavy atom. The van der Waals surface area contributed by atoms with Gasteiger partial charge in [0.1, 0.15) is 5.75 Å². The molecule has 5 nitrogen and oxygen atoms in total. The summed E-state index contributed by atoms with van der Waals surface area (Å²) in [5.41, 5.74) is 4.93. The van der Waals surface area contributed by atoms with Crippen LogP contribution in [0.15, 0.2) is 53.1 Å². The smallest absolute Gasteiger partial charge is 0.224 e. The second-order valence-electron chi connectivity index (χ2n) is 6.92. The lowest BCUT2D eigenvalue weighted by molar-refractivity contribution is -0.116. The van der Waals surface area contributed by atoms with E-state index in [9.17, 15) is 4.79 Å². The van der Waals surface area contributed by atoms with Crippen molar-refractivity contribution in [2.45, 2.75) is 40.0 Å². The van der Waals surface area contributed by atoms with E-state index >= 15 is 0 Å². The number of aromatic nitrogens is 1. The van der Waals surface area contributed by atoms with E-state index in [0.717, 1.165) is 39.6 Å². The first-order valence-electron chi connectivity index (χ1n) is 9.60. The molecule has 0 aliphatic heterocycles. The van der Waals surface area contributed by atoms with Gasteiger partial charge >= 0.3 is 0 Å². The third-order valence-electron chi connectivity index (χ3n) is 4.35. The van der Waals surface area contributed by atoms with Crippen LogP contribution in [-0.4, -0.2) is 17.7 Å². The normalized spacial score (nSPS) is 10.7. The molecule has 5 heteroatoms. The minimum atomic E-state index is 0.0141. The van der Waals surface area contributed by atoms with Gasteiger partial charge in [0.05, 0.1) is 12.3 Å². The maximum Gasteiger partial charge on any atom is 0.224 e. The predicted molar refractivity (Wildman–Crippen MR) is 111 cm³/mol. The number of rotatable bonds is 8.